The molecule has 0 aliphatic carbocycles. The van der Waals surface area contributed by atoms with Crippen LogP contribution in [0.2, 0.25) is 0 Å². The third kappa shape index (κ3) is 2.65. The van der Waals surface area contributed by atoms with Crippen LogP contribution in [0.1, 0.15) is 5.56 Å². The van der Waals surface area contributed by atoms with Crippen LogP contribution < -0.4 is 4.90 Å². The van der Waals surface area contributed by atoms with Gasteiger partial charge in [-0.3, -0.25) is 9.89 Å². The first-order chi connectivity index (χ1) is 8.56. The third-order valence-electron chi connectivity index (χ3n) is 2.48. The lowest BCUT2D eigenvalue weighted by Gasteiger charge is -2.10. The first-order valence-electron chi connectivity index (χ1n) is 5.48. The van der Waals surface area contributed by atoms with Crippen molar-refractivity contribution in [2.24, 2.45) is 0 Å². The molecule has 0 aliphatic heterocycles. The van der Waals surface area contributed by atoms with E-state index in [-0.39, 0.29) is 6.54 Å². The zero-order valence-electron chi connectivity index (χ0n) is 10.2. The van der Waals surface area contributed by atoms with Crippen LogP contribution >= 0.6 is 0 Å². The summed E-state index contributed by atoms with van der Waals surface area (Å²) in [5.74, 6) is 0.0826. The molecule has 6 nitrogen and oxygen atoms in total. The number of carboxylic acid groups (broad SMARTS) is 1. The summed E-state index contributed by atoms with van der Waals surface area (Å²) in [6, 6.07) is 7.85. The fraction of sp³-hybridized carbons (Fsp3) is 0.250. The molecule has 0 radical (unpaired) electrons. The minimum absolute atomic E-state index is 0.134. The predicted octanol–water partition coefficient (Wildman–Crippen LogP) is 1.30. The van der Waals surface area contributed by atoms with E-state index >= 15 is 0 Å². The van der Waals surface area contributed by atoms with Gasteiger partial charge in [-0.2, -0.15) is 4.98 Å². The van der Waals surface area contributed by atoms with Gasteiger partial charge in [0.05, 0.1) is 0 Å². The maximum atomic E-state index is 10.6. The fourth-order valence-corrected chi connectivity index (χ4v) is 1.62. The molecule has 18 heavy (non-hydrogen) atoms. The van der Waals surface area contributed by atoms with Gasteiger partial charge in [-0.05, 0) is 13.0 Å². The fourth-order valence-electron chi connectivity index (χ4n) is 1.62. The van der Waals surface area contributed by atoms with Crippen molar-refractivity contribution in [2.45, 2.75) is 6.92 Å². The Kier molecular flexibility index (Phi) is 3.27. The minimum atomic E-state index is -0.917. The molecular formula is C12H14N4O2. The molecular weight excluding hydrogens is 232 g/mol. The predicted molar refractivity (Wildman–Crippen MR) is 67.5 cm³/mol. The molecule has 2 rings (SSSR count). The van der Waals surface area contributed by atoms with Gasteiger partial charge in [0.1, 0.15) is 6.54 Å². The minimum Gasteiger partial charge on any atom is -0.480 e. The van der Waals surface area contributed by atoms with Crippen molar-refractivity contribution in [3.8, 4) is 11.4 Å². The lowest BCUT2D eigenvalue weighted by atomic mass is 10.1. The molecule has 1 aromatic heterocycles. The SMILES string of the molecule is Cc1cccc(-c2nc(N(C)CC(=O)O)n[nH]2)c1. The second kappa shape index (κ2) is 4.87. The maximum absolute atomic E-state index is 10.6. The van der Waals surface area contributed by atoms with E-state index in [0.717, 1.165) is 11.1 Å². The van der Waals surface area contributed by atoms with Gasteiger partial charge in [0, 0.05) is 12.6 Å². The summed E-state index contributed by atoms with van der Waals surface area (Å²) in [7, 11) is 1.64. The summed E-state index contributed by atoms with van der Waals surface area (Å²) < 4.78 is 0. The molecule has 0 aliphatic rings. The maximum Gasteiger partial charge on any atom is 0.323 e. The van der Waals surface area contributed by atoms with Gasteiger partial charge in [-0.15, -0.1) is 5.10 Å². The summed E-state index contributed by atoms with van der Waals surface area (Å²) in [5.41, 5.74) is 2.06. The molecule has 1 aromatic carbocycles. The number of aromatic amines is 1. The van der Waals surface area contributed by atoms with Crippen LogP contribution in [0.25, 0.3) is 11.4 Å². The van der Waals surface area contributed by atoms with E-state index in [4.69, 9.17) is 5.11 Å². The van der Waals surface area contributed by atoms with Crippen molar-refractivity contribution in [2.75, 3.05) is 18.5 Å². The Morgan fingerprint density at radius 1 is 1.50 bits per heavy atom. The number of nitrogens with one attached hydrogen (secondary N) is 1. The molecule has 0 saturated heterocycles. The molecule has 1 heterocycles. The van der Waals surface area contributed by atoms with Crippen LogP contribution in [-0.4, -0.2) is 39.8 Å². The molecule has 2 N–H and O–H groups in total. The molecule has 0 spiro atoms. The number of aliphatic carboxylic acids is 1. The highest BCUT2D eigenvalue weighted by atomic mass is 16.4. The second-order valence-corrected chi connectivity index (χ2v) is 4.10. The molecule has 94 valence electrons. The number of anilines is 1. The van der Waals surface area contributed by atoms with E-state index in [9.17, 15) is 4.79 Å². The van der Waals surface area contributed by atoms with Gasteiger partial charge in [0.15, 0.2) is 5.82 Å². The van der Waals surface area contributed by atoms with Crippen molar-refractivity contribution < 1.29 is 9.90 Å². The van der Waals surface area contributed by atoms with E-state index in [0.29, 0.717) is 11.8 Å². The monoisotopic (exact) mass is 246 g/mol. The molecule has 0 fully saturated rings. The van der Waals surface area contributed by atoms with E-state index < -0.39 is 5.97 Å². The lowest BCUT2D eigenvalue weighted by molar-refractivity contribution is -0.135. The lowest BCUT2D eigenvalue weighted by Crippen LogP contribution is -2.26. The topological polar surface area (TPSA) is 82.1 Å². The van der Waals surface area contributed by atoms with Gasteiger partial charge < -0.3 is 10.0 Å². The Bertz CT molecular complexity index is 565. The Hall–Kier alpha value is -2.37. The first-order valence-corrected chi connectivity index (χ1v) is 5.48. The number of hydrogen-bond acceptors (Lipinski definition) is 4. The van der Waals surface area contributed by atoms with Crippen molar-refractivity contribution in [1.82, 2.24) is 15.2 Å². The van der Waals surface area contributed by atoms with Gasteiger partial charge in [-0.1, -0.05) is 23.8 Å². The number of benzene rings is 1. The highest BCUT2D eigenvalue weighted by Crippen LogP contribution is 2.18. The average Bonchev–Trinajstić information content (AvgIpc) is 2.77. The number of H-pyrrole nitrogens is 1. The number of aromatic nitrogens is 3. The molecule has 0 unspecified atom stereocenters. The highest BCUT2D eigenvalue weighted by Gasteiger charge is 2.11. The normalized spacial score (nSPS) is 10.3. The van der Waals surface area contributed by atoms with Crippen molar-refractivity contribution >= 4 is 11.9 Å². The molecule has 6 heteroatoms. The quantitative estimate of drug-likeness (QED) is 0.849. The van der Waals surface area contributed by atoms with E-state index in [1.54, 1.807) is 7.05 Å². The number of carboxylic acids is 1. The standard InChI is InChI=1S/C12H14N4O2/c1-8-4-3-5-9(6-8)11-13-12(15-14-11)16(2)7-10(17)18/h3-6H,7H2,1-2H3,(H,17,18)(H,13,14,15). The Morgan fingerprint density at radius 2 is 2.28 bits per heavy atom. The van der Waals surface area contributed by atoms with Gasteiger partial charge in [0.25, 0.3) is 0 Å². The number of rotatable bonds is 4. The van der Waals surface area contributed by atoms with Crippen LogP contribution in [0.15, 0.2) is 24.3 Å². The van der Waals surface area contributed by atoms with Gasteiger partial charge >= 0.3 is 5.97 Å². The van der Waals surface area contributed by atoms with E-state index in [1.165, 1.54) is 4.90 Å². The summed E-state index contributed by atoms with van der Waals surface area (Å²) in [4.78, 5) is 16.3. The summed E-state index contributed by atoms with van der Waals surface area (Å²) in [5, 5.41) is 15.5. The summed E-state index contributed by atoms with van der Waals surface area (Å²) >= 11 is 0. The number of aryl methyl sites for hydroxylation is 1. The smallest absolute Gasteiger partial charge is 0.323 e. The number of hydrogen-bond donors (Lipinski definition) is 2. The van der Waals surface area contributed by atoms with Crippen LogP contribution in [0.3, 0.4) is 0 Å². The molecule has 0 bridgehead atoms. The van der Waals surface area contributed by atoms with Crippen LogP contribution in [-0.2, 0) is 4.79 Å². The van der Waals surface area contributed by atoms with Crippen molar-refractivity contribution in [3.05, 3.63) is 29.8 Å². The van der Waals surface area contributed by atoms with Crippen LogP contribution in [0.5, 0.6) is 0 Å². The van der Waals surface area contributed by atoms with Gasteiger partial charge in [0.2, 0.25) is 5.95 Å². The van der Waals surface area contributed by atoms with E-state index in [1.807, 2.05) is 31.2 Å². The van der Waals surface area contributed by atoms with Crippen LogP contribution in [0, 0.1) is 6.92 Å². The number of carbonyl (C=O) groups is 1. The zero-order valence-corrected chi connectivity index (χ0v) is 10.2. The second-order valence-electron chi connectivity index (χ2n) is 4.10. The van der Waals surface area contributed by atoms with Crippen molar-refractivity contribution in [3.63, 3.8) is 0 Å². The Balaban J connectivity index is 2.22. The zero-order chi connectivity index (χ0) is 13.1. The largest absolute Gasteiger partial charge is 0.480 e. The van der Waals surface area contributed by atoms with Crippen molar-refractivity contribution in [1.29, 1.82) is 0 Å². The third-order valence-corrected chi connectivity index (χ3v) is 2.48. The van der Waals surface area contributed by atoms with Gasteiger partial charge in [-0.25, -0.2) is 0 Å². The molecule has 0 saturated carbocycles. The van der Waals surface area contributed by atoms with E-state index in [2.05, 4.69) is 15.2 Å². The van der Waals surface area contributed by atoms with Crippen LogP contribution in [0.4, 0.5) is 5.95 Å². The average molecular weight is 246 g/mol. The number of likely N-dealkylation sites (N-methyl/N-ethyl adjacent to an activating group) is 1. The summed E-state index contributed by atoms with van der Waals surface area (Å²) in [6.45, 7) is 1.86. The highest BCUT2D eigenvalue weighted by molar-refractivity contribution is 5.72. The molecule has 0 atom stereocenters. The molecule has 2 aromatic rings. The number of nitrogens with zero attached hydrogens (tertiary/aromatic N) is 3. The Labute approximate surface area is 104 Å². The first kappa shape index (κ1) is 12.1. The summed E-state index contributed by atoms with van der Waals surface area (Å²) in [6.07, 6.45) is 0. The Morgan fingerprint density at radius 3 is 2.94 bits per heavy atom. The molecule has 0 amide bonds.